The standard InChI is InChI=1S/C18H21NO5S.C4H9N/c1-23-17-10-11-18(16-5-3-2-4-15(16)17)25(21,22)19-13-6-8-14(9-7-13)24-12-20;1-2-4-5-3-1/h6-11,19-20H,2-5,12H2,1H3;5H,1-4H2. The summed E-state index contributed by atoms with van der Waals surface area (Å²) in [6.45, 7) is 2.07. The van der Waals surface area contributed by atoms with E-state index in [1.165, 1.54) is 25.9 Å². The Morgan fingerprint density at radius 2 is 1.63 bits per heavy atom. The fraction of sp³-hybridized carbons (Fsp3) is 0.455. The molecule has 1 fully saturated rings. The molecular weight excluding hydrogens is 404 g/mol. The molecule has 0 amide bonds. The topological polar surface area (TPSA) is 96.9 Å². The molecule has 8 heteroatoms. The molecule has 1 saturated heterocycles. The summed E-state index contributed by atoms with van der Waals surface area (Å²) in [7, 11) is -2.10. The van der Waals surface area contributed by atoms with Crippen LogP contribution in [0.4, 0.5) is 5.69 Å². The van der Waals surface area contributed by atoms with Crippen molar-refractivity contribution in [3.63, 3.8) is 0 Å². The summed E-state index contributed by atoms with van der Waals surface area (Å²) in [5, 5.41) is 12.0. The molecule has 0 unspecified atom stereocenters. The number of nitrogens with one attached hydrogen (secondary N) is 2. The molecule has 7 nitrogen and oxygen atoms in total. The Kier molecular flexibility index (Phi) is 7.95. The molecule has 0 saturated carbocycles. The van der Waals surface area contributed by atoms with Gasteiger partial charge in [-0.15, -0.1) is 0 Å². The Hall–Kier alpha value is -2.29. The van der Waals surface area contributed by atoms with Crippen LogP contribution in [-0.2, 0) is 22.9 Å². The zero-order valence-electron chi connectivity index (χ0n) is 17.3. The second-order valence-corrected chi connectivity index (χ2v) is 8.94. The van der Waals surface area contributed by atoms with Gasteiger partial charge in [-0.05, 0) is 99.1 Å². The van der Waals surface area contributed by atoms with Crippen molar-refractivity contribution in [1.82, 2.24) is 5.32 Å². The molecule has 164 valence electrons. The number of benzene rings is 2. The maximum absolute atomic E-state index is 12.9. The minimum atomic E-state index is -3.70. The number of aliphatic hydroxyl groups excluding tert-OH is 1. The monoisotopic (exact) mass is 434 g/mol. The molecule has 4 rings (SSSR count). The van der Waals surface area contributed by atoms with E-state index in [0.717, 1.165) is 42.6 Å². The average Bonchev–Trinajstić information content (AvgIpc) is 3.34. The van der Waals surface area contributed by atoms with Crippen LogP contribution in [0, 0.1) is 0 Å². The number of sulfonamides is 1. The first-order valence-corrected chi connectivity index (χ1v) is 11.8. The Balaban J connectivity index is 0.000000448. The third-order valence-electron chi connectivity index (χ3n) is 5.25. The molecule has 2 aliphatic rings. The van der Waals surface area contributed by atoms with Crippen molar-refractivity contribution >= 4 is 15.7 Å². The van der Waals surface area contributed by atoms with Crippen LogP contribution in [-0.4, -0.2) is 40.5 Å². The SMILES string of the molecule is C1CCNC1.COc1ccc(S(=O)(=O)Nc2ccc(OCO)cc2)c2c1CCCC2. The van der Waals surface area contributed by atoms with E-state index in [-0.39, 0.29) is 0 Å². The van der Waals surface area contributed by atoms with Gasteiger partial charge in [0.25, 0.3) is 10.0 Å². The van der Waals surface area contributed by atoms with E-state index in [1.807, 2.05) is 0 Å². The molecule has 1 aliphatic carbocycles. The van der Waals surface area contributed by atoms with Gasteiger partial charge in [-0.2, -0.15) is 0 Å². The molecule has 0 spiro atoms. The lowest BCUT2D eigenvalue weighted by Gasteiger charge is -2.22. The predicted molar refractivity (Wildman–Crippen MR) is 117 cm³/mol. The van der Waals surface area contributed by atoms with Crippen molar-refractivity contribution in [2.24, 2.45) is 0 Å². The van der Waals surface area contributed by atoms with Gasteiger partial charge in [-0.3, -0.25) is 4.72 Å². The third kappa shape index (κ3) is 5.65. The van der Waals surface area contributed by atoms with Crippen molar-refractivity contribution in [1.29, 1.82) is 0 Å². The smallest absolute Gasteiger partial charge is 0.262 e. The van der Waals surface area contributed by atoms with Crippen LogP contribution in [0.5, 0.6) is 11.5 Å². The Labute approximate surface area is 178 Å². The molecular formula is C22H30N2O5S. The Bertz CT molecular complexity index is 918. The molecule has 0 bridgehead atoms. The van der Waals surface area contributed by atoms with Crippen LogP contribution in [0.1, 0.15) is 36.8 Å². The highest BCUT2D eigenvalue weighted by atomic mass is 32.2. The number of fused-ring (bicyclic) bond motifs is 1. The summed E-state index contributed by atoms with van der Waals surface area (Å²) in [4.78, 5) is 0.304. The summed E-state index contributed by atoms with van der Waals surface area (Å²) in [5.41, 5.74) is 2.27. The minimum Gasteiger partial charge on any atom is -0.496 e. The molecule has 1 heterocycles. The lowest BCUT2D eigenvalue weighted by atomic mass is 9.91. The van der Waals surface area contributed by atoms with Crippen molar-refractivity contribution in [2.75, 3.05) is 31.7 Å². The number of methoxy groups -OCH3 is 1. The van der Waals surface area contributed by atoms with E-state index >= 15 is 0 Å². The summed E-state index contributed by atoms with van der Waals surface area (Å²) in [5.74, 6) is 1.21. The van der Waals surface area contributed by atoms with E-state index in [2.05, 4.69) is 10.0 Å². The van der Waals surface area contributed by atoms with Gasteiger partial charge in [0.2, 0.25) is 0 Å². The molecule has 0 radical (unpaired) electrons. The zero-order chi connectivity index (χ0) is 21.4. The summed E-state index contributed by atoms with van der Waals surface area (Å²) >= 11 is 0. The van der Waals surface area contributed by atoms with E-state index in [9.17, 15) is 8.42 Å². The quantitative estimate of drug-likeness (QED) is 0.605. The van der Waals surface area contributed by atoms with Crippen LogP contribution < -0.4 is 19.5 Å². The number of aliphatic hydroxyl groups is 1. The van der Waals surface area contributed by atoms with Gasteiger partial charge in [0.15, 0.2) is 6.79 Å². The predicted octanol–water partition coefficient (Wildman–Crippen LogP) is 3.07. The third-order valence-corrected chi connectivity index (χ3v) is 6.72. The van der Waals surface area contributed by atoms with Crippen molar-refractivity contribution in [3.05, 3.63) is 47.5 Å². The van der Waals surface area contributed by atoms with E-state index in [1.54, 1.807) is 43.5 Å². The lowest BCUT2D eigenvalue weighted by molar-refractivity contribution is 0.0985. The Morgan fingerprint density at radius 3 is 2.20 bits per heavy atom. The second kappa shape index (κ2) is 10.7. The second-order valence-electron chi connectivity index (χ2n) is 7.29. The highest BCUT2D eigenvalue weighted by molar-refractivity contribution is 7.92. The van der Waals surface area contributed by atoms with E-state index in [4.69, 9.17) is 14.6 Å². The zero-order valence-corrected chi connectivity index (χ0v) is 18.1. The molecule has 0 atom stereocenters. The van der Waals surface area contributed by atoms with Gasteiger partial charge in [0.1, 0.15) is 11.5 Å². The van der Waals surface area contributed by atoms with Crippen LogP contribution in [0.3, 0.4) is 0 Å². The van der Waals surface area contributed by atoms with Crippen LogP contribution in [0.25, 0.3) is 0 Å². The van der Waals surface area contributed by atoms with Gasteiger partial charge in [0.05, 0.1) is 12.0 Å². The number of anilines is 1. The summed E-state index contributed by atoms with van der Waals surface area (Å²) in [6, 6.07) is 9.71. The first-order valence-electron chi connectivity index (χ1n) is 10.3. The molecule has 30 heavy (non-hydrogen) atoms. The summed E-state index contributed by atoms with van der Waals surface area (Å²) < 4.78 is 38.7. The molecule has 0 aromatic heterocycles. The van der Waals surface area contributed by atoms with E-state index in [0.29, 0.717) is 16.3 Å². The molecule has 2 aromatic carbocycles. The summed E-state index contributed by atoms with van der Waals surface area (Å²) in [6.07, 6.45) is 6.34. The number of ether oxygens (including phenoxy) is 2. The maximum Gasteiger partial charge on any atom is 0.262 e. The highest BCUT2D eigenvalue weighted by Crippen LogP contribution is 2.35. The average molecular weight is 435 g/mol. The van der Waals surface area contributed by atoms with Gasteiger partial charge in [0, 0.05) is 5.69 Å². The van der Waals surface area contributed by atoms with E-state index < -0.39 is 16.8 Å². The van der Waals surface area contributed by atoms with Crippen LogP contribution >= 0.6 is 0 Å². The van der Waals surface area contributed by atoms with Gasteiger partial charge in [-0.25, -0.2) is 8.42 Å². The first-order chi connectivity index (χ1) is 14.5. The van der Waals surface area contributed by atoms with Crippen molar-refractivity contribution < 1.29 is 23.0 Å². The maximum atomic E-state index is 12.9. The fourth-order valence-corrected chi connectivity index (χ4v) is 5.13. The van der Waals surface area contributed by atoms with Gasteiger partial charge >= 0.3 is 0 Å². The molecule has 2 aromatic rings. The molecule has 3 N–H and O–H groups in total. The minimum absolute atomic E-state index is 0.304. The van der Waals surface area contributed by atoms with Gasteiger partial charge in [-0.1, -0.05) is 0 Å². The van der Waals surface area contributed by atoms with Crippen molar-refractivity contribution in [3.8, 4) is 11.5 Å². The first kappa shape index (κ1) is 22.4. The number of rotatable bonds is 6. The highest BCUT2D eigenvalue weighted by Gasteiger charge is 2.25. The number of hydrogen-bond acceptors (Lipinski definition) is 6. The fourth-order valence-electron chi connectivity index (χ4n) is 3.77. The van der Waals surface area contributed by atoms with Gasteiger partial charge < -0.3 is 19.9 Å². The van der Waals surface area contributed by atoms with Crippen LogP contribution in [0.2, 0.25) is 0 Å². The van der Waals surface area contributed by atoms with Crippen LogP contribution in [0.15, 0.2) is 41.3 Å². The van der Waals surface area contributed by atoms with Crippen molar-refractivity contribution in [2.45, 2.75) is 43.4 Å². The Morgan fingerprint density at radius 1 is 0.967 bits per heavy atom. The normalized spacial score (nSPS) is 15.5. The lowest BCUT2D eigenvalue weighted by Crippen LogP contribution is -2.18. The molecule has 1 aliphatic heterocycles. The largest absolute Gasteiger partial charge is 0.496 e. The number of hydrogen-bond donors (Lipinski definition) is 3.